The second kappa shape index (κ2) is 8.37. The third kappa shape index (κ3) is 3.36. The third-order valence-corrected chi connectivity index (χ3v) is 8.59. The van der Waals surface area contributed by atoms with Gasteiger partial charge in [-0.2, -0.15) is 0 Å². The summed E-state index contributed by atoms with van der Waals surface area (Å²) >= 11 is 2.18. The third-order valence-electron chi connectivity index (χ3n) is 7.87. The number of aromatic hydroxyl groups is 1. The summed E-state index contributed by atoms with van der Waals surface area (Å²) in [5.41, 5.74) is 3.50. The van der Waals surface area contributed by atoms with Gasteiger partial charge in [-0.3, -0.25) is 24.1 Å². The number of nitrogens with zero attached hydrogens (tertiary/aromatic N) is 1. The Balaban J connectivity index is 1.48. The lowest BCUT2D eigenvalue weighted by molar-refractivity contribution is -0.123. The fourth-order valence-electron chi connectivity index (χ4n) is 6.27. The van der Waals surface area contributed by atoms with Crippen molar-refractivity contribution in [2.75, 3.05) is 4.90 Å². The van der Waals surface area contributed by atoms with Crippen LogP contribution in [0.4, 0.5) is 5.69 Å². The maximum absolute atomic E-state index is 13.8. The van der Waals surface area contributed by atoms with Crippen molar-refractivity contribution < 1.29 is 24.3 Å². The Morgan fingerprint density at radius 3 is 2.31 bits per heavy atom. The van der Waals surface area contributed by atoms with Crippen molar-refractivity contribution in [1.29, 1.82) is 0 Å². The van der Waals surface area contributed by atoms with Gasteiger partial charge in [0.1, 0.15) is 5.75 Å². The van der Waals surface area contributed by atoms with Crippen LogP contribution in [0.1, 0.15) is 31.2 Å². The first-order chi connectivity index (χ1) is 17.3. The van der Waals surface area contributed by atoms with Gasteiger partial charge in [-0.25, -0.2) is 0 Å². The highest BCUT2D eigenvalue weighted by Gasteiger charge is 2.56. The van der Waals surface area contributed by atoms with Crippen LogP contribution >= 0.6 is 22.6 Å². The van der Waals surface area contributed by atoms with Crippen molar-refractivity contribution in [1.82, 2.24) is 0 Å². The fraction of sp³-hybridized carbons (Fsp3) is 0.241. The smallest absolute Gasteiger partial charge is 0.238 e. The normalized spacial score (nSPS) is 27.4. The number of carbonyl (C=O) groups is 4. The highest BCUT2D eigenvalue weighted by Crippen LogP contribution is 2.55. The summed E-state index contributed by atoms with van der Waals surface area (Å²) in [4.78, 5) is 55.0. The molecule has 0 radical (unpaired) electrons. The van der Waals surface area contributed by atoms with Gasteiger partial charge in [0.05, 0.1) is 17.5 Å². The van der Waals surface area contributed by atoms with Gasteiger partial charge < -0.3 is 5.11 Å². The molecule has 4 atom stereocenters. The van der Waals surface area contributed by atoms with Crippen LogP contribution in [0, 0.1) is 21.3 Å². The van der Waals surface area contributed by atoms with Gasteiger partial charge in [0.2, 0.25) is 11.8 Å². The van der Waals surface area contributed by atoms with Crippen molar-refractivity contribution in [3.05, 3.63) is 92.1 Å². The first-order valence-electron chi connectivity index (χ1n) is 11.9. The summed E-state index contributed by atoms with van der Waals surface area (Å²) in [5.74, 6) is -2.72. The maximum Gasteiger partial charge on any atom is 0.238 e. The molecule has 1 aliphatic heterocycles. The zero-order valence-corrected chi connectivity index (χ0v) is 21.6. The largest absolute Gasteiger partial charge is 0.508 e. The molecule has 4 aliphatic rings. The number of benzene rings is 2. The minimum absolute atomic E-state index is 0.101. The van der Waals surface area contributed by atoms with Gasteiger partial charge in [0.15, 0.2) is 11.6 Å². The van der Waals surface area contributed by atoms with Crippen LogP contribution < -0.4 is 4.90 Å². The monoisotopic (exact) mass is 591 g/mol. The number of carbonyl (C=O) groups excluding carboxylic acids is 4. The second-order valence-electron chi connectivity index (χ2n) is 9.81. The Kier molecular flexibility index (Phi) is 5.37. The van der Waals surface area contributed by atoms with Gasteiger partial charge in [-0.05, 0) is 96.3 Å². The number of hydrogen-bond acceptors (Lipinski definition) is 5. The quantitative estimate of drug-likeness (QED) is 0.238. The average Bonchev–Trinajstić information content (AvgIpc) is 3.12. The number of rotatable bonds is 2. The van der Waals surface area contributed by atoms with Crippen LogP contribution in [0.15, 0.2) is 83.0 Å². The minimum atomic E-state index is -0.598. The number of phenolic OH excluding ortho intramolecular Hbond substituents is 1. The molecule has 2 amide bonds. The maximum atomic E-state index is 13.8. The number of halogens is 1. The van der Waals surface area contributed by atoms with Crippen molar-refractivity contribution in [3.63, 3.8) is 0 Å². The lowest BCUT2D eigenvalue weighted by atomic mass is 9.59. The fourth-order valence-corrected chi connectivity index (χ4v) is 6.63. The standard InChI is InChI=1S/C29H22INO5/c1-14-12-23(33)26-22(27(14)34)13-21-19(24(26)15-2-8-18(32)9-3-15)10-11-20-25(21)29(36)31(28(20)35)17-6-4-16(30)5-7-17/h2-10,12,20-21,24-25,32H,11,13H2,1H3/t20-,21+,24-,25-/m0/s1. The molecule has 1 saturated heterocycles. The molecule has 3 aliphatic carbocycles. The van der Waals surface area contributed by atoms with E-state index < -0.39 is 17.8 Å². The molecule has 0 aromatic heterocycles. The molecular weight excluding hydrogens is 569 g/mol. The van der Waals surface area contributed by atoms with Crippen molar-refractivity contribution in [3.8, 4) is 5.75 Å². The first-order valence-corrected chi connectivity index (χ1v) is 13.0. The molecule has 36 heavy (non-hydrogen) atoms. The van der Waals surface area contributed by atoms with E-state index in [1.54, 1.807) is 43.3 Å². The van der Waals surface area contributed by atoms with E-state index in [9.17, 15) is 24.3 Å². The van der Waals surface area contributed by atoms with Crippen LogP contribution in [0.2, 0.25) is 0 Å². The summed E-state index contributed by atoms with van der Waals surface area (Å²) in [5, 5.41) is 9.84. The number of hydrogen-bond donors (Lipinski definition) is 1. The molecular formula is C29H22INO5. The van der Waals surface area contributed by atoms with Gasteiger partial charge >= 0.3 is 0 Å². The number of fused-ring (bicyclic) bond motifs is 3. The van der Waals surface area contributed by atoms with Gasteiger partial charge in [-0.1, -0.05) is 23.8 Å². The molecule has 1 N–H and O–H groups in total. The van der Waals surface area contributed by atoms with E-state index in [4.69, 9.17) is 0 Å². The van der Waals surface area contributed by atoms with Gasteiger partial charge in [0.25, 0.3) is 0 Å². The summed E-state index contributed by atoms with van der Waals surface area (Å²) in [6.45, 7) is 1.64. The lowest BCUT2D eigenvalue weighted by Crippen LogP contribution is -2.39. The predicted molar refractivity (Wildman–Crippen MR) is 141 cm³/mol. The van der Waals surface area contributed by atoms with E-state index in [-0.39, 0.29) is 41.5 Å². The Morgan fingerprint density at radius 1 is 0.917 bits per heavy atom. The first kappa shape index (κ1) is 23.1. The second-order valence-corrected chi connectivity index (χ2v) is 11.1. The molecule has 1 fully saturated rings. The summed E-state index contributed by atoms with van der Waals surface area (Å²) < 4.78 is 1.00. The van der Waals surface area contributed by atoms with Crippen LogP contribution in [-0.2, 0) is 19.2 Å². The molecule has 1 heterocycles. The molecule has 6 nitrogen and oxygen atoms in total. The minimum Gasteiger partial charge on any atom is -0.508 e. The number of imide groups is 1. The Bertz CT molecular complexity index is 1450. The molecule has 2 aromatic rings. The molecule has 0 spiro atoms. The van der Waals surface area contributed by atoms with Crippen LogP contribution in [0.3, 0.4) is 0 Å². The van der Waals surface area contributed by atoms with E-state index in [1.807, 2.05) is 18.2 Å². The summed E-state index contributed by atoms with van der Waals surface area (Å²) in [7, 11) is 0. The molecule has 6 rings (SSSR count). The summed E-state index contributed by atoms with van der Waals surface area (Å²) in [6.07, 6.45) is 4.05. The van der Waals surface area contributed by atoms with E-state index in [0.717, 1.165) is 14.7 Å². The summed E-state index contributed by atoms with van der Waals surface area (Å²) in [6, 6.07) is 13.9. The Hall–Kier alpha value is -3.33. The molecule has 180 valence electrons. The SMILES string of the molecule is CC1=CC(=O)C2=C(C[C@@H]3C(=CC[C@@H]4C(=O)N(c5ccc(I)cc5)C(=O)[C@@H]43)[C@@H]2c2ccc(O)cc2)C1=O. The van der Waals surface area contributed by atoms with Crippen molar-refractivity contribution in [2.24, 2.45) is 17.8 Å². The van der Waals surface area contributed by atoms with Crippen LogP contribution in [0.25, 0.3) is 0 Å². The van der Waals surface area contributed by atoms with E-state index in [0.29, 0.717) is 28.8 Å². The van der Waals surface area contributed by atoms with Gasteiger partial charge in [-0.15, -0.1) is 0 Å². The van der Waals surface area contributed by atoms with E-state index >= 15 is 0 Å². The lowest BCUT2D eigenvalue weighted by Gasteiger charge is -2.42. The zero-order chi connectivity index (χ0) is 25.3. The topological polar surface area (TPSA) is 91.8 Å². The molecule has 7 heteroatoms. The number of phenols is 1. The zero-order valence-electron chi connectivity index (χ0n) is 19.4. The average molecular weight is 591 g/mol. The number of amides is 2. The highest BCUT2D eigenvalue weighted by molar-refractivity contribution is 14.1. The highest BCUT2D eigenvalue weighted by atomic mass is 127. The van der Waals surface area contributed by atoms with Crippen molar-refractivity contribution in [2.45, 2.75) is 25.7 Å². The predicted octanol–water partition coefficient (Wildman–Crippen LogP) is 4.63. The van der Waals surface area contributed by atoms with Crippen LogP contribution in [-0.4, -0.2) is 28.5 Å². The molecule has 0 bridgehead atoms. The molecule has 0 unspecified atom stereocenters. The van der Waals surface area contributed by atoms with Crippen LogP contribution in [0.5, 0.6) is 5.75 Å². The van der Waals surface area contributed by atoms with E-state index in [2.05, 4.69) is 22.6 Å². The Labute approximate surface area is 221 Å². The number of ketones is 2. The number of Topliss-reactive ketones (excluding diaryl/α,β-unsaturated/α-hetero) is 1. The Morgan fingerprint density at radius 2 is 1.61 bits per heavy atom. The molecule has 2 aromatic carbocycles. The number of anilines is 1. The van der Waals surface area contributed by atoms with Crippen molar-refractivity contribution >= 4 is 51.7 Å². The number of allylic oxidation sites excluding steroid dienone is 6. The van der Waals surface area contributed by atoms with E-state index in [1.165, 1.54) is 11.0 Å². The molecule has 0 saturated carbocycles. The van der Waals surface area contributed by atoms with Gasteiger partial charge in [0, 0.05) is 26.2 Å².